The lowest BCUT2D eigenvalue weighted by Gasteiger charge is -2.10. The predicted octanol–water partition coefficient (Wildman–Crippen LogP) is -0.620. The quantitative estimate of drug-likeness (QED) is 0.710. The van der Waals surface area contributed by atoms with Crippen molar-refractivity contribution in [3.8, 4) is 0 Å². The highest BCUT2D eigenvalue weighted by atomic mass is 32.2. The molecule has 0 bridgehead atoms. The Kier molecular flexibility index (Phi) is 5.01. The molecule has 7 heteroatoms. The van der Waals surface area contributed by atoms with E-state index < -0.39 is 10.0 Å². The van der Waals surface area contributed by atoms with E-state index in [4.69, 9.17) is 5.73 Å². The van der Waals surface area contributed by atoms with E-state index in [0.29, 0.717) is 19.6 Å². The van der Waals surface area contributed by atoms with Crippen LogP contribution in [0.15, 0.2) is 23.4 Å². The van der Waals surface area contributed by atoms with Crippen LogP contribution < -0.4 is 10.5 Å². The van der Waals surface area contributed by atoms with Gasteiger partial charge in [0.25, 0.3) is 10.0 Å². The fourth-order valence-electron chi connectivity index (χ4n) is 1.17. The Labute approximate surface area is 102 Å². The molecule has 0 saturated carbocycles. The van der Waals surface area contributed by atoms with Gasteiger partial charge in [-0.15, -0.1) is 0 Å². The van der Waals surface area contributed by atoms with Crippen LogP contribution in [0.25, 0.3) is 0 Å². The molecule has 17 heavy (non-hydrogen) atoms. The maximum absolute atomic E-state index is 11.8. The first-order valence-electron chi connectivity index (χ1n) is 5.25. The van der Waals surface area contributed by atoms with Crippen molar-refractivity contribution in [1.82, 2.24) is 14.6 Å². The summed E-state index contributed by atoms with van der Waals surface area (Å²) in [6.45, 7) is 1.34. The van der Waals surface area contributed by atoms with Gasteiger partial charge in [-0.25, -0.2) is 18.1 Å². The van der Waals surface area contributed by atoms with Crippen LogP contribution in [-0.4, -0.2) is 45.5 Å². The van der Waals surface area contributed by atoms with Crippen molar-refractivity contribution in [3.63, 3.8) is 0 Å². The topological polar surface area (TPSA) is 88.3 Å². The van der Waals surface area contributed by atoms with Gasteiger partial charge in [0.1, 0.15) is 0 Å². The summed E-state index contributed by atoms with van der Waals surface area (Å²) in [6.07, 6.45) is 1.47. The Morgan fingerprint density at radius 2 is 2.12 bits per heavy atom. The molecular weight excluding hydrogens is 240 g/mol. The average molecular weight is 258 g/mol. The maximum Gasteiger partial charge on any atom is 0.258 e. The smallest absolute Gasteiger partial charge is 0.258 e. The number of sulfonamides is 1. The number of pyridine rings is 1. The molecule has 0 spiro atoms. The zero-order chi connectivity index (χ0) is 12.9. The first-order chi connectivity index (χ1) is 7.95. The van der Waals surface area contributed by atoms with Gasteiger partial charge in [0.05, 0.1) is 0 Å². The first-order valence-corrected chi connectivity index (χ1v) is 6.73. The van der Waals surface area contributed by atoms with Crippen LogP contribution in [0.1, 0.15) is 5.56 Å². The second kappa shape index (κ2) is 6.06. The van der Waals surface area contributed by atoms with Gasteiger partial charge in [0.15, 0.2) is 5.03 Å². The summed E-state index contributed by atoms with van der Waals surface area (Å²) < 4.78 is 26.1. The van der Waals surface area contributed by atoms with Gasteiger partial charge in [-0.3, -0.25) is 0 Å². The van der Waals surface area contributed by atoms with Crippen LogP contribution in [0.2, 0.25) is 0 Å². The highest BCUT2D eigenvalue weighted by molar-refractivity contribution is 7.89. The normalized spacial score (nSPS) is 12.0. The molecule has 0 saturated heterocycles. The Bertz CT molecular complexity index is 442. The Hall–Kier alpha value is -1.02. The minimum atomic E-state index is -3.51. The number of nitrogens with one attached hydrogen (secondary N) is 1. The average Bonchev–Trinajstić information content (AvgIpc) is 2.28. The van der Waals surface area contributed by atoms with E-state index in [0.717, 1.165) is 5.56 Å². The number of likely N-dealkylation sites (N-methyl/N-ethyl adjacent to an activating group) is 1. The molecule has 0 aliphatic carbocycles. The first kappa shape index (κ1) is 14.0. The molecule has 1 aromatic heterocycles. The highest BCUT2D eigenvalue weighted by Crippen LogP contribution is 2.05. The molecule has 0 aromatic carbocycles. The van der Waals surface area contributed by atoms with Gasteiger partial charge >= 0.3 is 0 Å². The second-order valence-corrected chi connectivity index (χ2v) is 5.62. The Balaban J connectivity index is 2.68. The van der Waals surface area contributed by atoms with Crippen molar-refractivity contribution >= 4 is 10.0 Å². The van der Waals surface area contributed by atoms with Crippen molar-refractivity contribution in [1.29, 1.82) is 0 Å². The number of aromatic nitrogens is 1. The molecule has 1 rings (SSSR count). The van der Waals surface area contributed by atoms with E-state index in [2.05, 4.69) is 9.71 Å². The van der Waals surface area contributed by atoms with E-state index in [9.17, 15) is 8.42 Å². The molecule has 1 heterocycles. The van der Waals surface area contributed by atoms with Crippen molar-refractivity contribution in [3.05, 3.63) is 23.9 Å². The molecule has 3 N–H and O–H groups in total. The zero-order valence-corrected chi connectivity index (χ0v) is 10.9. The molecule has 0 amide bonds. The van der Waals surface area contributed by atoms with E-state index in [-0.39, 0.29) is 5.03 Å². The molecule has 0 radical (unpaired) electrons. The van der Waals surface area contributed by atoms with Crippen LogP contribution in [-0.2, 0) is 16.6 Å². The van der Waals surface area contributed by atoms with Gasteiger partial charge < -0.3 is 10.6 Å². The SMILES string of the molecule is CN(C)CCNS(=O)(=O)c1ccc(CN)cn1. The van der Waals surface area contributed by atoms with Crippen molar-refractivity contribution in [2.24, 2.45) is 5.73 Å². The largest absolute Gasteiger partial charge is 0.326 e. The van der Waals surface area contributed by atoms with Crippen LogP contribution in [0, 0.1) is 0 Å². The Morgan fingerprint density at radius 1 is 1.41 bits per heavy atom. The number of hydrogen-bond acceptors (Lipinski definition) is 5. The molecule has 0 fully saturated rings. The fraction of sp³-hybridized carbons (Fsp3) is 0.500. The molecule has 0 aliphatic heterocycles. The standard InChI is InChI=1S/C10H18N4O2S/c1-14(2)6-5-13-17(15,16)10-4-3-9(7-11)8-12-10/h3-4,8,13H,5-7,11H2,1-2H3. The van der Waals surface area contributed by atoms with E-state index in [1.54, 1.807) is 6.07 Å². The number of nitrogens with zero attached hydrogens (tertiary/aromatic N) is 2. The zero-order valence-electron chi connectivity index (χ0n) is 10.0. The number of nitrogens with two attached hydrogens (primary N) is 1. The van der Waals surface area contributed by atoms with Crippen LogP contribution >= 0.6 is 0 Å². The van der Waals surface area contributed by atoms with E-state index in [1.165, 1.54) is 12.3 Å². The van der Waals surface area contributed by atoms with Crippen LogP contribution in [0.4, 0.5) is 0 Å². The summed E-state index contributed by atoms with van der Waals surface area (Å²) in [4.78, 5) is 5.77. The third kappa shape index (κ3) is 4.39. The van der Waals surface area contributed by atoms with E-state index in [1.807, 2.05) is 19.0 Å². The van der Waals surface area contributed by atoms with Crippen LogP contribution in [0.5, 0.6) is 0 Å². The second-order valence-electron chi connectivity index (χ2n) is 3.91. The number of rotatable bonds is 6. The highest BCUT2D eigenvalue weighted by Gasteiger charge is 2.14. The summed E-state index contributed by atoms with van der Waals surface area (Å²) in [5, 5.41) is 0.0217. The van der Waals surface area contributed by atoms with Gasteiger partial charge in [0.2, 0.25) is 0 Å². The molecule has 0 atom stereocenters. The summed E-state index contributed by atoms with van der Waals surface area (Å²) in [5.74, 6) is 0. The lowest BCUT2D eigenvalue weighted by atomic mass is 10.3. The molecule has 96 valence electrons. The molecule has 0 aliphatic rings. The molecule has 0 unspecified atom stereocenters. The maximum atomic E-state index is 11.8. The summed E-state index contributed by atoms with van der Waals surface area (Å²) in [7, 11) is 0.246. The lowest BCUT2D eigenvalue weighted by Crippen LogP contribution is -2.31. The van der Waals surface area contributed by atoms with E-state index >= 15 is 0 Å². The van der Waals surface area contributed by atoms with Crippen molar-refractivity contribution in [2.45, 2.75) is 11.6 Å². The van der Waals surface area contributed by atoms with Crippen molar-refractivity contribution in [2.75, 3.05) is 27.2 Å². The van der Waals surface area contributed by atoms with Gasteiger partial charge in [-0.2, -0.15) is 0 Å². The molecular formula is C10H18N4O2S. The number of hydrogen-bond donors (Lipinski definition) is 2. The third-order valence-corrected chi connectivity index (χ3v) is 3.54. The Morgan fingerprint density at radius 3 is 2.59 bits per heavy atom. The van der Waals surface area contributed by atoms with Gasteiger partial charge in [0, 0.05) is 25.8 Å². The molecule has 6 nitrogen and oxygen atoms in total. The van der Waals surface area contributed by atoms with Gasteiger partial charge in [-0.1, -0.05) is 6.07 Å². The predicted molar refractivity (Wildman–Crippen MR) is 65.9 cm³/mol. The van der Waals surface area contributed by atoms with Gasteiger partial charge in [-0.05, 0) is 25.7 Å². The lowest BCUT2D eigenvalue weighted by molar-refractivity contribution is 0.412. The van der Waals surface area contributed by atoms with Crippen molar-refractivity contribution < 1.29 is 8.42 Å². The summed E-state index contributed by atoms with van der Waals surface area (Å²) in [5.41, 5.74) is 6.21. The third-order valence-electron chi connectivity index (χ3n) is 2.16. The monoisotopic (exact) mass is 258 g/mol. The summed E-state index contributed by atoms with van der Waals surface area (Å²) in [6, 6.07) is 3.12. The fourth-order valence-corrected chi connectivity index (χ4v) is 2.11. The van der Waals surface area contributed by atoms with Crippen LogP contribution in [0.3, 0.4) is 0 Å². The summed E-state index contributed by atoms with van der Waals surface area (Å²) >= 11 is 0. The minimum absolute atomic E-state index is 0.0217. The minimum Gasteiger partial charge on any atom is -0.326 e. The molecule has 1 aromatic rings.